The van der Waals surface area contributed by atoms with Crippen molar-refractivity contribution < 1.29 is 4.84 Å². The van der Waals surface area contributed by atoms with Crippen molar-refractivity contribution in [1.82, 2.24) is 5.48 Å². The molecule has 0 N–H and O–H groups in total. The predicted octanol–water partition coefficient (Wildman–Crippen LogP) is 0.562. The molecule has 1 radical (unpaired) electrons. The summed E-state index contributed by atoms with van der Waals surface area (Å²) in [5, 5.41) is 0. The second-order valence-corrected chi connectivity index (χ2v) is 2.72. The molecule has 41 valence electrons. The lowest BCUT2D eigenvalue weighted by Gasteiger charge is -2.09. The van der Waals surface area contributed by atoms with Gasteiger partial charge in [0.2, 0.25) is 0 Å². The largest absolute Gasteiger partial charge is 0.281 e. The zero-order valence-electron chi connectivity index (χ0n) is 4.77. The van der Waals surface area contributed by atoms with Crippen molar-refractivity contribution in [3.8, 4) is 0 Å². The van der Waals surface area contributed by atoms with Crippen LogP contribution in [0.2, 0.25) is 0 Å². The molecule has 1 saturated heterocycles. The quantitative estimate of drug-likeness (QED) is 0.436. The van der Waals surface area contributed by atoms with Gasteiger partial charge >= 0.3 is 0 Å². The van der Waals surface area contributed by atoms with Crippen LogP contribution < -0.4 is 5.48 Å². The summed E-state index contributed by atoms with van der Waals surface area (Å²) in [5.41, 5.74) is 4.04. The van der Waals surface area contributed by atoms with Crippen LogP contribution in [0, 0.1) is 5.41 Å². The lowest BCUT2D eigenvalue weighted by molar-refractivity contribution is 0.0822. The Balaban J connectivity index is 2.40. The number of hydrogen-bond donors (Lipinski definition) is 0. The van der Waals surface area contributed by atoms with Gasteiger partial charge in [0.25, 0.3) is 0 Å². The fraction of sp³-hybridized carbons (Fsp3) is 1.00. The van der Waals surface area contributed by atoms with Crippen LogP contribution in [0.15, 0.2) is 0 Å². The molecule has 0 aromatic carbocycles. The van der Waals surface area contributed by atoms with Crippen LogP contribution in [0.4, 0.5) is 0 Å². The molecule has 1 aliphatic heterocycles. The second-order valence-electron chi connectivity index (χ2n) is 2.72. The lowest BCUT2D eigenvalue weighted by Crippen LogP contribution is -2.14. The van der Waals surface area contributed by atoms with E-state index >= 15 is 0 Å². The summed E-state index contributed by atoms with van der Waals surface area (Å²) in [4.78, 5) is 4.78. The van der Waals surface area contributed by atoms with Gasteiger partial charge in [0.05, 0.1) is 13.2 Å². The van der Waals surface area contributed by atoms with Crippen LogP contribution >= 0.6 is 0 Å². The van der Waals surface area contributed by atoms with Gasteiger partial charge in [-0.25, -0.2) is 0 Å². The molecule has 0 bridgehead atoms. The summed E-state index contributed by atoms with van der Waals surface area (Å²) >= 11 is 0. The highest BCUT2D eigenvalue weighted by Crippen LogP contribution is 2.18. The van der Waals surface area contributed by atoms with E-state index in [2.05, 4.69) is 19.3 Å². The smallest absolute Gasteiger partial charge is 0.0767 e. The van der Waals surface area contributed by atoms with Crippen molar-refractivity contribution in [2.24, 2.45) is 5.41 Å². The Kier molecular flexibility index (Phi) is 1.05. The van der Waals surface area contributed by atoms with Crippen LogP contribution in [0.3, 0.4) is 0 Å². The van der Waals surface area contributed by atoms with Gasteiger partial charge in [-0.2, -0.15) is 0 Å². The summed E-state index contributed by atoms with van der Waals surface area (Å²) in [5.74, 6) is 0. The Morgan fingerprint density at radius 2 is 2.29 bits per heavy atom. The van der Waals surface area contributed by atoms with Crippen molar-refractivity contribution in [2.45, 2.75) is 13.8 Å². The molecule has 0 saturated carbocycles. The van der Waals surface area contributed by atoms with Gasteiger partial charge in [-0.15, -0.1) is 0 Å². The standard InChI is InChI=1S/C5H10NO/c1-5(2)3-6-7-4-5/h3-4H2,1-2H3. The molecule has 0 unspecified atom stereocenters. The van der Waals surface area contributed by atoms with Crippen LogP contribution in [-0.2, 0) is 4.84 Å². The number of hydrogen-bond acceptors (Lipinski definition) is 1. The van der Waals surface area contributed by atoms with Gasteiger partial charge in [-0.3, -0.25) is 4.84 Å². The summed E-state index contributed by atoms with van der Waals surface area (Å²) < 4.78 is 0. The van der Waals surface area contributed by atoms with Crippen molar-refractivity contribution in [2.75, 3.05) is 13.2 Å². The molecule has 0 aliphatic carbocycles. The van der Waals surface area contributed by atoms with Crippen molar-refractivity contribution in [1.29, 1.82) is 0 Å². The first-order chi connectivity index (χ1) is 3.21. The van der Waals surface area contributed by atoms with Crippen LogP contribution in [0.5, 0.6) is 0 Å². The molecule has 1 rings (SSSR count). The van der Waals surface area contributed by atoms with Gasteiger partial charge in [-0.1, -0.05) is 19.3 Å². The van der Waals surface area contributed by atoms with E-state index in [-0.39, 0.29) is 0 Å². The minimum atomic E-state index is 0.306. The Hall–Kier alpha value is -0.0800. The summed E-state index contributed by atoms with van der Waals surface area (Å²) in [6, 6.07) is 0. The predicted molar refractivity (Wildman–Crippen MR) is 26.7 cm³/mol. The van der Waals surface area contributed by atoms with Crippen LogP contribution in [0.25, 0.3) is 0 Å². The highest BCUT2D eigenvalue weighted by molar-refractivity contribution is 4.71. The van der Waals surface area contributed by atoms with E-state index in [1.165, 1.54) is 0 Å². The fourth-order valence-corrected chi connectivity index (χ4v) is 0.486. The molecule has 1 aliphatic rings. The topological polar surface area (TPSA) is 23.3 Å². The van der Waals surface area contributed by atoms with E-state index in [0.717, 1.165) is 13.2 Å². The molecule has 0 spiro atoms. The number of nitrogens with zero attached hydrogens (tertiary/aromatic N) is 1. The average molecular weight is 100 g/mol. The van der Waals surface area contributed by atoms with Gasteiger partial charge in [0.1, 0.15) is 0 Å². The maximum Gasteiger partial charge on any atom is 0.0767 e. The number of hydroxylamine groups is 1. The Morgan fingerprint density at radius 1 is 1.57 bits per heavy atom. The van der Waals surface area contributed by atoms with E-state index in [0.29, 0.717) is 5.41 Å². The van der Waals surface area contributed by atoms with Crippen molar-refractivity contribution in [3.63, 3.8) is 0 Å². The third-order valence-electron chi connectivity index (χ3n) is 1.04. The first-order valence-corrected chi connectivity index (χ1v) is 2.49. The molecule has 1 heterocycles. The maximum atomic E-state index is 4.78. The lowest BCUT2D eigenvalue weighted by atomic mass is 9.97. The number of rotatable bonds is 0. The van der Waals surface area contributed by atoms with Crippen LogP contribution in [-0.4, -0.2) is 13.2 Å². The highest BCUT2D eigenvalue weighted by Gasteiger charge is 2.24. The normalized spacial score (nSPS) is 28.3. The second kappa shape index (κ2) is 1.46. The zero-order chi connectivity index (χ0) is 5.33. The maximum absolute atomic E-state index is 4.78. The summed E-state index contributed by atoms with van der Waals surface area (Å²) in [6.45, 7) is 5.92. The van der Waals surface area contributed by atoms with Crippen LogP contribution in [0.1, 0.15) is 13.8 Å². The molecular formula is C5H10NO. The Bertz CT molecular complexity index is 62.5. The molecule has 0 aromatic heterocycles. The van der Waals surface area contributed by atoms with Gasteiger partial charge in [-0.05, 0) is 0 Å². The van der Waals surface area contributed by atoms with E-state index in [9.17, 15) is 0 Å². The van der Waals surface area contributed by atoms with Gasteiger partial charge < -0.3 is 0 Å². The van der Waals surface area contributed by atoms with E-state index < -0.39 is 0 Å². The minimum Gasteiger partial charge on any atom is -0.281 e. The highest BCUT2D eigenvalue weighted by atomic mass is 16.7. The van der Waals surface area contributed by atoms with Gasteiger partial charge in [0, 0.05) is 5.41 Å². The average Bonchev–Trinajstić information content (AvgIpc) is 1.84. The molecule has 1 fully saturated rings. The molecule has 7 heavy (non-hydrogen) atoms. The Labute approximate surface area is 43.8 Å². The minimum absolute atomic E-state index is 0.306. The third kappa shape index (κ3) is 1.14. The SMILES string of the molecule is CC1(C)C[N]OC1. The molecule has 2 nitrogen and oxygen atoms in total. The molecule has 2 heteroatoms. The molecule has 0 amide bonds. The van der Waals surface area contributed by atoms with Crippen molar-refractivity contribution in [3.05, 3.63) is 0 Å². The summed E-state index contributed by atoms with van der Waals surface area (Å²) in [6.07, 6.45) is 0. The first kappa shape index (κ1) is 5.06. The van der Waals surface area contributed by atoms with Crippen molar-refractivity contribution >= 4 is 0 Å². The summed E-state index contributed by atoms with van der Waals surface area (Å²) in [7, 11) is 0. The Morgan fingerprint density at radius 3 is 2.43 bits per heavy atom. The first-order valence-electron chi connectivity index (χ1n) is 2.49. The zero-order valence-corrected chi connectivity index (χ0v) is 4.77. The van der Waals surface area contributed by atoms with E-state index in [1.807, 2.05) is 0 Å². The van der Waals surface area contributed by atoms with E-state index in [1.54, 1.807) is 0 Å². The molecule has 0 aromatic rings. The molecular weight excluding hydrogens is 90.1 g/mol. The monoisotopic (exact) mass is 100 g/mol. The van der Waals surface area contributed by atoms with E-state index in [4.69, 9.17) is 4.84 Å². The van der Waals surface area contributed by atoms with Gasteiger partial charge in [0.15, 0.2) is 0 Å². The third-order valence-corrected chi connectivity index (χ3v) is 1.04. The molecule has 0 atom stereocenters. The fourth-order valence-electron chi connectivity index (χ4n) is 0.486.